The first kappa shape index (κ1) is 17.6. The molecule has 0 saturated carbocycles. The van der Waals surface area contributed by atoms with E-state index in [0.29, 0.717) is 12.2 Å². The summed E-state index contributed by atoms with van der Waals surface area (Å²) < 4.78 is 0.998. The third kappa shape index (κ3) is 6.31. The molecule has 7 nitrogen and oxygen atoms in total. The lowest BCUT2D eigenvalue weighted by molar-refractivity contribution is -0.134. The minimum absolute atomic E-state index is 0.270. The molecule has 0 fully saturated rings. The maximum Gasteiger partial charge on any atom is 0.328 e. The van der Waals surface area contributed by atoms with E-state index >= 15 is 0 Å². The fourth-order valence-electron chi connectivity index (χ4n) is 1.49. The van der Waals surface area contributed by atoms with E-state index in [2.05, 4.69) is 43.9 Å². The van der Waals surface area contributed by atoms with E-state index in [-0.39, 0.29) is 5.92 Å². The highest BCUT2D eigenvalue weighted by atomic mass is 79.9. The second kappa shape index (κ2) is 8.73. The zero-order valence-corrected chi connectivity index (χ0v) is 13.2. The average molecular weight is 368 g/mol. The summed E-state index contributed by atoms with van der Waals surface area (Å²) in [5, 5.41) is 15.6. The number of hydrogen-bond donors (Lipinski definition) is 3. The number of pyridine rings is 1. The third-order valence-electron chi connectivity index (χ3n) is 2.56. The molecule has 0 amide bonds. The number of H-pyrrole nitrogens is 1. The van der Waals surface area contributed by atoms with E-state index in [9.17, 15) is 9.59 Å². The Balaban J connectivity index is 0.000000261. The lowest BCUT2D eigenvalue weighted by Crippen LogP contribution is -1.96. The minimum Gasteiger partial charge on any atom is -0.478 e. The molecule has 2 heterocycles. The van der Waals surface area contributed by atoms with E-state index in [4.69, 9.17) is 10.2 Å². The van der Waals surface area contributed by atoms with Gasteiger partial charge in [-0.2, -0.15) is 0 Å². The second-order valence-electron chi connectivity index (χ2n) is 4.16. The van der Waals surface area contributed by atoms with Gasteiger partial charge in [0, 0.05) is 41.1 Å². The van der Waals surface area contributed by atoms with Crippen LogP contribution in [0.2, 0.25) is 0 Å². The Morgan fingerprint density at radius 3 is 2.36 bits per heavy atom. The highest BCUT2D eigenvalue weighted by Crippen LogP contribution is 2.23. The summed E-state index contributed by atoms with van der Waals surface area (Å²) in [5.41, 5.74) is 2.19. The summed E-state index contributed by atoms with van der Waals surface area (Å²) in [6.45, 7) is 2.11. The Morgan fingerprint density at radius 2 is 1.91 bits per heavy atom. The van der Waals surface area contributed by atoms with Gasteiger partial charge in [0.25, 0.3) is 0 Å². The second-order valence-corrected chi connectivity index (χ2v) is 5.08. The van der Waals surface area contributed by atoms with Crippen molar-refractivity contribution < 1.29 is 19.8 Å². The minimum atomic E-state index is -1.26. The van der Waals surface area contributed by atoms with Gasteiger partial charge in [0.15, 0.2) is 0 Å². The predicted octanol–water partition coefficient (Wildman–Crippen LogP) is 2.43. The van der Waals surface area contributed by atoms with Crippen molar-refractivity contribution in [2.75, 3.05) is 0 Å². The van der Waals surface area contributed by atoms with Crippen LogP contribution in [0.15, 0.2) is 47.6 Å². The molecule has 116 valence electrons. The topological polar surface area (TPSA) is 116 Å². The Hall–Kier alpha value is -2.48. The van der Waals surface area contributed by atoms with Gasteiger partial charge in [0.1, 0.15) is 0 Å². The van der Waals surface area contributed by atoms with Crippen LogP contribution in [-0.2, 0) is 9.59 Å². The molecule has 22 heavy (non-hydrogen) atoms. The number of carboxylic acid groups (broad SMARTS) is 2. The van der Waals surface area contributed by atoms with Gasteiger partial charge in [0.2, 0.25) is 0 Å². The number of aromatic nitrogens is 3. The van der Waals surface area contributed by atoms with E-state index < -0.39 is 11.9 Å². The summed E-state index contributed by atoms with van der Waals surface area (Å²) in [6.07, 6.45) is 8.36. The maximum absolute atomic E-state index is 9.55. The number of carbonyl (C=O) groups is 2. The number of rotatable bonds is 4. The normalized spacial score (nSPS) is 11.5. The Kier molecular flexibility index (Phi) is 6.97. The van der Waals surface area contributed by atoms with Gasteiger partial charge in [0.05, 0.1) is 12.0 Å². The molecule has 1 atom stereocenters. The molecule has 0 spiro atoms. The van der Waals surface area contributed by atoms with Gasteiger partial charge in [-0.05, 0) is 27.6 Å². The smallest absolute Gasteiger partial charge is 0.328 e. The lowest BCUT2D eigenvalue weighted by Gasteiger charge is -2.08. The standard InChI is InChI=1S/C10H10BrN3.C4H4O4/c1-7(10-5-13-6-14-10)8-2-9(11)4-12-3-8;5-3(6)1-2-4(7)8/h2-7H,1H3,(H,13,14);1-2H,(H,5,6)(H,7,8)/b;2-1+. The molecule has 0 radical (unpaired) electrons. The molecule has 0 aromatic carbocycles. The Morgan fingerprint density at radius 1 is 1.27 bits per heavy atom. The Labute approximate surface area is 134 Å². The van der Waals surface area contributed by atoms with Crippen molar-refractivity contribution in [2.45, 2.75) is 12.8 Å². The van der Waals surface area contributed by atoms with Crippen LogP contribution in [0.3, 0.4) is 0 Å². The predicted molar refractivity (Wildman–Crippen MR) is 82.5 cm³/mol. The molecular weight excluding hydrogens is 354 g/mol. The summed E-state index contributed by atoms with van der Waals surface area (Å²) in [5.74, 6) is -2.24. The van der Waals surface area contributed by atoms with Crippen molar-refractivity contribution in [3.8, 4) is 0 Å². The molecule has 2 aromatic heterocycles. The molecule has 0 aliphatic rings. The van der Waals surface area contributed by atoms with Crippen LogP contribution in [0, 0.1) is 0 Å². The van der Waals surface area contributed by atoms with Crippen LogP contribution in [0.25, 0.3) is 0 Å². The highest BCUT2D eigenvalue weighted by molar-refractivity contribution is 9.10. The Bertz CT molecular complexity index is 640. The van der Waals surface area contributed by atoms with Crippen LogP contribution < -0.4 is 0 Å². The molecule has 0 aliphatic heterocycles. The summed E-state index contributed by atoms with van der Waals surface area (Å²) in [4.78, 5) is 30.4. The van der Waals surface area contributed by atoms with E-state index in [1.807, 2.05) is 12.4 Å². The third-order valence-corrected chi connectivity index (χ3v) is 2.99. The van der Waals surface area contributed by atoms with Gasteiger partial charge in [-0.3, -0.25) is 4.98 Å². The molecule has 2 aromatic rings. The number of imidazole rings is 1. The van der Waals surface area contributed by atoms with Crippen molar-refractivity contribution in [3.05, 3.63) is 58.9 Å². The van der Waals surface area contributed by atoms with Crippen molar-refractivity contribution in [1.29, 1.82) is 0 Å². The van der Waals surface area contributed by atoms with Crippen LogP contribution in [0.5, 0.6) is 0 Å². The van der Waals surface area contributed by atoms with Crippen LogP contribution >= 0.6 is 15.9 Å². The molecule has 1 unspecified atom stereocenters. The van der Waals surface area contributed by atoms with Crippen molar-refractivity contribution >= 4 is 27.9 Å². The average Bonchev–Trinajstić information content (AvgIpc) is 2.99. The van der Waals surface area contributed by atoms with Crippen LogP contribution in [-0.4, -0.2) is 37.1 Å². The van der Waals surface area contributed by atoms with E-state index in [1.54, 1.807) is 12.5 Å². The number of aromatic amines is 1. The summed E-state index contributed by atoms with van der Waals surface area (Å²) in [6, 6.07) is 2.06. The van der Waals surface area contributed by atoms with Gasteiger partial charge in [-0.25, -0.2) is 14.6 Å². The molecular formula is C14H14BrN3O4. The number of aliphatic carboxylic acids is 2. The fraction of sp³-hybridized carbons (Fsp3) is 0.143. The van der Waals surface area contributed by atoms with Crippen molar-refractivity contribution in [2.24, 2.45) is 0 Å². The van der Waals surface area contributed by atoms with Crippen molar-refractivity contribution in [1.82, 2.24) is 15.0 Å². The number of hydrogen-bond acceptors (Lipinski definition) is 4. The number of carboxylic acids is 2. The first-order chi connectivity index (χ1) is 10.4. The summed E-state index contributed by atoms with van der Waals surface area (Å²) >= 11 is 3.40. The quantitative estimate of drug-likeness (QED) is 0.714. The zero-order valence-electron chi connectivity index (χ0n) is 11.6. The van der Waals surface area contributed by atoms with Crippen molar-refractivity contribution in [3.63, 3.8) is 0 Å². The molecule has 8 heteroatoms. The van der Waals surface area contributed by atoms with E-state index in [0.717, 1.165) is 15.7 Å². The lowest BCUT2D eigenvalue weighted by atomic mass is 10.0. The maximum atomic E-state index is 9.55. The summed E-state index contributed by atoms with van der Waals surface area (Å²) in [7, 11) is 0. The van der Waals surface area contributed by atoms with Crippen LogP contribution in [0.1, 0.15) is 24.1 Å². The van der Waals surface area contributed by atoms with Gasteiger partial charge in [-0.15, -0.1) is 0 Å². The van der Waals surface area contributed by atoms with Crippen LogP contribution in [0.4, 0.5) is 0 Å². The molecule has 0 aliphatic carbocycles. The largest absolute Gasteiger partial charge is 0.478 e. The van der Waals surface area contributed by atoms with Gasteiger partial charge < -0.3 is 15.2 Å². The first-order valence-corrected chi connectivity index (χ1v) is 6.92. The molecule has 3 N–H and O–H groups in total. The molecule has 2 rings (SSSR count). The highest BCUT2D eigenvalue weighted by Gasteiger charge is 2.10. The number of nitrogens with zero attached hydrogens (tertiary/aromatic N) is 2. The number of halogens is 1. The first-order valence-electron chi connectivity index (χ1n) is 6.13. The zero-order chi connectivity index (χ0) is 16.5. The van der Waals surface area contributed by atoms with E-state index in [1.165, 1.54) is 0 Å². The van der Waals surface area contributed by atoms with Gasteiger partial charge in [-0.1, -0.05) is 6.92 Å². The molecule has 0 saturated heterocycles. The fourth-order valence-corrected chi connectivity index (χ4v) is 1.87. The number of nitrogens with one attached hydrogen (secondary N) is 1. The molecule has 0 bridgehead atoms. The SMILES string of the molecule is CC(c1cncc(Br)c1)c1c[nH]cn1.O=C(O)/C=C/C(=O)O. The monoisotopic (exact) mass is 367 g/mol. The van der Waals surface area contributed by atoms with Gasteiger partial charge >= 0.3 is 11.9 Å².